The summed E-state index contributed by atoms with van der Waals surface area (Å²) in [7, 11) is 11.3. The average Bonchev–Trinajstić information content (AvgIpc) is 3.92. The summed E-state index contributed by atoms with van der Waals surface area (Å²) in [6, 6.07) is 55.2. The lowest BCUT2D eigenvalue weighted by molar-refractivity contribution is 0.669. The molecule has 0 amide bonds. The van der Waals surface area contributed by atoms with Crippen molar-refractivity contribution in [3.8, 4) is 16.8 Å². The van der Waals surface area contributed by atoms with Gasteiger partial charge in [-0.3, -0.25) is 0 Å². The van der Waals surface area contributed by atoms with E-state index in [2.05, 4.69) is 194 Å². The number of nitrogens with zero attached hydrogens (tertiary/aromatic N) is 2. The van der Waals surface area contributed by atoms with Gasteiger partial charge in [-0.05, 0) is 65.7 Å². The van der Waals surface area contributed by atoms with Gasteiger partial charge in [-0.2, -0.15) is 0 Å². The molecule has 3 heterocycles. The Hall–Kier alpha value is -6.30. The van der Waals surface area contributed by atoms with Gasteiger partial charge in [0.2, 0.25) is 0 Å². The summed E-state index contributed by atoms with van der Waals surface area (Å²) in [4.78, 5) is 2.35. The van der Waals surface area contributed by atoms with Crippen LogP contribution in [0.3, 0.4) is 0 Å². The van der Waals surface area contributed by atoms with E-state index in [9.17, 15) is 0 Å². The molecule has 0 atom stereocenters. The zero-order chi connectivity index (χ0) is 38.5. The molecule has 0 aliphatic rings. The molecule has 8 aromatic carbocycles. The van der Waals surface area contributed by atoms with Gasteiger partial charge in [0.1, 0.15) is 44.8 Å². The van der Waals surface area contributed by atoms with Gasteiger partial charge >= 0.3 is 0 Å². The second-order valence-corrected chi connectivity index (χ2v) is 16.6. The van der Waals surface area contributed by atoms with E-state index >= 15 is 0 Å². The van der Waals surface area contributed by atoms with Gasteiger partial charge in [0, 0.05) is 58.8 Å². The Balaban J connectivity index is 1.08. The molecule has 0 saturated carbocycles. The van der Waals surface area contributed by atoms with Crippen molar-refractivity contribution in [2.75, 3.05) is 4.90 Å². The van der Waals surface area contributed by atoms with Gasteiger partial charge < -0.3 is 13.9 Å². The highest BCUT2D eigenvalue weighted by molar-refractivity contribution is 7.25. The summed E-state index contributed by atoms with van der Waals surface area (Å²) in [5.74, 6) is 0. The lowest BCUT2D eigenvalue weighted by atomic mass is 9.61. The molecule has 0 unspecified atom stereocenters. The lowest BCUT2D eigenvalue weighted by Gasteiger charge is -2.26. The minimum Gasteiger partial charge on any atom is -0.454 e. The molecular weight excluding hydrogens is 707 g/mol. The maximum atomic E-state index is 6.65. The molecule has 3 nitrogen and oxygen atoms in total. The Morgan fingerprint density at radius 3 is 1.84 bits per heavy atom. The minimum atomic E-state index is 0.879. The van der Waals surface area contributed by atoms with E-state index in [0.717, 1.165) is 39.0 Å². The Morgan fingerprint density at radius 2 is 1.04 bits per heavy atom. The Labute approximate surface area is 339 Å². The first-order valence-electron chi connectivity index (χ1n) is 19.7. The molecule has 0 fully saturated rings. The Bertz CT molecular complexity index is 3410. The predicted octanol–water partition coefficient (Wildman–Crippen LogP) is 5.48. The van der Waals surface area contributed by atoms with E-state index in [-0.39, 0.29) is 0 Å². The van der Waals surface area contributed by atoms with Crippen molar-refractivity contribution in [2.45, 2.75) is 0 Å². The smallest absolute Gasteiger partial charge is 0.159 e. The molecule has 264 valence electrons. The highest BCUT2D eigenvalue weighted by Crippen LogP contribution is 2.45. The number of hydrogen-bond donors (Lipinski definition) is 0. The largest absolute Gasteiger partial charge is 0.454 e. The van der Waals surface area contributed by atoms with Crippen LogP contribution < -0.4 is 32.2 Å². The number of furan rings is 1. The van der Waals surface area contributed by atoms with Gasteiger partial charge in [-0.15, -0.1) is 16.8 Å². The molecule has 0 spiro atoms. The van der Waals surface area contributed by atoms with Gasteiger partial charge in [0.25, 0.3) is 0 Å². The molecule has 0 radical (unpaired) electrons. The maximum Gasteiger partial charge on any atom is 0.159 e. The van der Waals surface area contributed by atoms with Crippen molar-refractivity contribution in [2.24, 2.45) is 0 Å². The molecule has 0 N–H and O–H groups in total. The van der Waals surface area contributed by atoms with E-state index in [1.807, 2.05) is 17.4 Å². The van der Waals surface area contributed by atoms with Crippen molar-refractivity contribution in [1.82, 2.24) is 4.57 Å². The zero-order valence-electron chi connectivity index (χ0n) is 32.6. The van der Waals surface area contributed by atoms with Gasteiger partial charge in [0.05, 0.1) is 16.7 Å². The van der Waals surface area contributed by atoms with Crippen LogP contribution in [0.1, 0.15) is 0 Å². The normalized spacial score (nSPS) is 11.9. The third-order valence-electron chi connectivity index (χ3n) is 12.6. The number of para-hydroxylation sites is 3. The van der Waals surface area contributed by atoms with Crippen LogP contribution in [0, 0.1) is 0 Å². The second-order valence-electron chi connectivity index (χ2n) is 15.5. The summed E-state index contributed by atoms with van der Waals surface area (Å²) in [5.41, 5.74) is 17.8. The van der Waals surface area contributed by atoms with Crippen LogP contribution >= 0.6 is 11.3 Å². The predicted molar refractivity (Wildman–Crippen MR) is 262 cm³/mol. The quantitative estimate of drug-likeness (QED) is 0.218. The number of fused-ring (bicyclic) bond motifs is 9. The first-order valence-corrected chi connectivity index (χ1v) is 20.5. The minimum absolute atomic E-state index is 0.879. The molecule has 0 aliphatic heterocycles. The molecule has 0 aliphatic carbocycles. The first-order chi connectivity index (χ1) is 27.9. The van der Waals surface area contributed by atoms with Gasteiger partial charge in [-0.1, -0.05) is 119 Å². The summed E-state index contributed by atoms with van der Waals surface area (Å²) in [6.45, 7) is 0. The molecular formula is C48H35B5N2OS. The Kier molecular flexibility index (Phi) is 7.68. The zero-order valence-corrected chi connectivity index (χ0v) is 33.5. The summed E-state index contributed by atoms with van der Waals surface area (Å²) in [5, 5.41) is 7.36. The number of hydrogen-bond acceptors (Lipinski definition) is 3. The van der Waals surface area contributed by atoms with Crippen LogP contribution in [0.15, 0.2) is 156 Å². The van der Waals surface area contributed by atoms with Crippen molar-refractivity contribution in [1.29, 1.82) is 0 Å². The maximum absolute atomic E-state index is 6.65. The number of anilines is 3. The molecule has 0 saturated heterocycles. The fourth-order valence-electron chi connectivity index (χ4n) is 9.20. The molecule has 11 rings (SSSR count). The van der Waals surface area contributed by atoms with Crippen molar-refractivity contribution >= 4 is 159 Å². The first kappa shape index (κ1) is 34.0. The molecule has 3 aromatic heterocycles. The second kappa shape index (κ2) is 12.9. The SMILES string of the molecule is Bc1c(B)c(B)c(-n2c3ccccc3c3ccc(-c4ccc(N(c5ccc6c(c5)sc5ccccc56)c5cccc6c5oc5ccccc56)cc4)cc32)c(B)c1B. The van der Waals surface area contributed by atoms with Crippen molar-refractivity contribution in [3.05, 3.63) is 152 Å². The highest BCUT2D eigenvalue weighted by Gasteiger charge is 2.22. The van der Waals surface area contributed by atoms with Crippen LogP contribution in [-0.2, 0) is 0 Å². The van der Waals surface area contributed by atoms with E-state index < -0.39 is 0 Å². The summed E-state index contributed by atoms with van der Waals surface area (Å²) < 4.78 is 11.7. The van der Waals surface area contributed by atoms with E-state index in [4.69, 9.17) is 4.42 Å². The van der Waals surface area contributed by atoms with Gasteiger partial charge in [0.15, 0.2) is 5.58 Å². The summed E-state index contributed by atoms with van der Waals surface area (Å²) >= 11 is 1.84. The average molecular weight is 742 g/mol. The molecule has 11 aromatic rings. The molecule has 0 bridgehead atoms. The van der Waals surface area contributed by atoms with E-state index in [1.54, 1.807) is 0 Å². The van der Waals surface area contributed by atoms with Gasteiger partial charge in [-0.25, -0.2) is 0 Å². The van der Waals surface area contributed by atoms with Crippen LogP contribution in [0.4, 0.5) is 17.1 Å². The molecule has 57 heavy (non-hydrogen) atoms. The number of aromatic nitrogens is 1. The standard InChI is InChI=1S/C48H35B5N2OS/c49-42-43(50)45(52)47(46(53)44(42)51)55-36-12-4-1-8-30(36)31-22-18-27(24-38(31)55)26-16-19-28(20-17-26)54(29-21-23-34-33-10-3-6-15-40(33)57-41(34)25-29)37-13-7-11-35-32-9-2-5-14-39(32)56-48(35)37/h1-25H,49-53H2. The van der Waals surface area contributed by atoms with Crippen molar-refractivity contribution < 1.29 is 4.42 Å². The van der Waals surface area contributed by atoms with Crippen LogP contribution in [0.2, 0.25) is 0 Å². The fraction of sp³-hybridized carbons (Fsp3) is 0. The third-order valence-corrected chi connectivity index (χ3v) is 13.7. The van der Waals surface area contributed by atoms with E-state index in [1.165, 1.54) is 86.1 Å². The van der Waals surface area contributed by atoms with Crippen LogP contribution in [0.25, 0.3) is 80.7 Å². The van der Waals surface area contributed by atoms with Crippen LogP contribution in [0.5, 0.6) is 0 Å². The Morgan fingerprint density at radius 1 is 0.439 bits per heavy atom. The van der Waals surface area contributed by atoms with E-state index in [0.29, 0.717) is 0 Å². The monoisotopic (exact) mass is 742 g/mol. The topological polar surface area (TPSA) is 21.3 Å². The number of thiophene rings is 1. The lowest BCUT2D eigenvalue weighted by Crippen LogP contribution is -2.56. The van der Waals surface area contributed by atoms with Crippen molar-refractivity contribution in [3.63, 3.8) is 0 Å². The summed E-state index contributed by atoms with van der Waals surface area (Å²) in [6.07, 6.45) is 0. The molecule has 9 heteroatoms. The third kappa shape index (κ3) is 5.12. The fourth-order valence-corrected chi connectivity index (χ4v) is 10.3. The van der Waals surface area contributed by atoms with Crippen LogP contribution in [-0.4, -0.2) is 43.8 Å². The number of rotatable bonds is 5. The number of benzene rings is 8. The highest BCUT2D eigenvalue weighted by atomic mass is 32.1.